The predicted octanol–water partition coefficient (Wildman–Crippen LogP) is 1.61. The zero-order valence-corrected chi connectivity index (χ0v) is 16.5. The lowest BCUT2D eigenvalue weighted by Gasteiger charge is -2.17. The van der Waals surface area contributed by atoms with Crippen molar-refractivity contribution in [1.29, 1.82) is 0 Å². The SMILES string of the molecule is CCC(C)NC(=NCc1nnc(C)n1C)NCCCOC.I. The molecule has 1 aromatic rings. The van der Waals surface area contributed by atoms with Crippen LogP contribution in [0.3, 0.4) is 0 Å². The van der Waals surface area contributed by atoms with Crippen molar-refractivity contribution < 1.29 is 4.74 Å². The molecule has 1 unspecified atom stereocenters. The normalized spacial score (nSPS) is 12.7. The number of rotatable bonds is 8. The van der Waals surface area contributed by atoms with Gasteiger partial charge in [-0.2, -0.15) is 0 Å². The van der Waals surface area contributed by atoms with Gasteiger partial charge in [-0.25, -0.2) is 4.99 Å². The number of aryl methyl sites for hydroxylation is 1. The maximum Gasteiger partial charge on any atom is 0.191 e. The van der Waals surface area contributed by atoms with Crippen LogP contribution in [0.1, 0.15) is 38.3 Å². The number of hydrogen-bond donors (Lipinski definition) is 2. The molecule has 8 heteroatoms. The smallest absolute Gasteiger partial charge is 0.191 e. The Labute approximate surface area is 150 Å². The van der Waals surface area contributed by atoms with Gasteiger partial charge in [-0.05, 0) is 26.7 Å². The number of methoxy groups -OCH3 is 1. The van der Waals surface area contributed by atoms with Crippen LogP contribution >= 0.6 is 24.0 Å². The summed E-state index contributed by atoms with van der Waals surface area (Å²) in [7, 11) is 3.66. The molecule has 0 bridgehead atoms. The van der Waals surface area contributed by atoms with E-state index in [-0.39, 0.29) is 24.0 Å². The molecule has 0 aromatic carbocycles. The summed E-state index contributed by atoms with van der Waals surface area (Å²) in [6, 6.07) is 0.375. The van der Waals surface area contributed by atoms with Crippen molar-refractivity contribution in [2.24, 2.45) is 12.0 Å². The van der Waals surface area contributed by atoms with Gasteiger partial charge in [-0.3, -0.25) is 0 Å². The fourth-order valence-corrected chi connectivity index (χ4v) is 1.65. The second kappa shape index (κ2) is 11.6. The van der Waals surface area contributed by atoms with Crippen molar-refractivity contribution in [1.82, 2.24) is 25.4 Å². The van der Waals surface area contributed by atoms with Crippen molar-refractivity contribution in [3.63, 3.8) is 0 Å². The number of nitrogens with zero attached hydrogens (tertiary/aromatic N) is 4. The third-order valence-electron chi connectivity index (χ3n) is 3.37. The van der Waals surface area contributed by atoms with Crippen LogP contribution in [0.25, 0.3) is 0 Å². The summed E-state index contributed by atoms with van der Waals surface area (Å²) in [6.07, 6.45) is 1.99. The van der Waals surface area contributed by atoms with E-state index in [1.54, 1.807) is 7.11 Å². The van der Waals surface area contributed by atoms with Crippen LogP contribution in [0.15, 0.2) is 4.99 Å². The highest BCUT2D eigenvalue weighted by molar-refractivity contribution is 14.0. The highest BCUT2D eigenvalue weighted by Gasteiger charge is 2.06. The fraction of sp³-hybridized carbons (Fsp3) is 0.786. The van der Waals surface area contributed by atoms with Crippen LogP contribution in [-0.4, -0.2) is 47.0 Å². The molecule has 0 saturated heterocycles. The van der Waals surface area contributed by atoms with Crippen LogP contribution in [0, 0.1) is 6.92 Å². The van der Waals surface area contributed by atoms with Gasteiger partial charge in [0.25, 0.3) is 0 Å². The minimum absolute atomic E-state index is 0. The molecule has 2 N–H and O–H groups in total. The van der Waals surface area contributed by atoms with E-state index in [1.807, 2.05) is 18.5 Å². The summed E-state index contributed by atoms with van der Waals surface area (Å²) >= 11 is 0. The first-order chi connectivity index (χ1) is 10.1. The maximum absolute atomic E-state index is 5.05. The lowest BCUT2D eigenvalue weighted by atomic mass is 10.3. The minimum atomic E-state index is 0. The van der Waals surface area contributed by atoms with Gasteiger partial charge in [0.15, 0.2) is 11.8 Å². The Morgan fingerprint density at radius 2 is 2.14 bits per heavy atom. The van der Waals surface area contributed by atoms with E-state index >= 15 is 0 Å². The Morgan fingerprint density at radius 3 is 2.68 bits per heavy atom. The number of hydrogen-bond acceptors (Lipinski definition) is 4. The number of ether oxygens (including phenoxy) is 1. The van der Waals surface area contributed by atoms with E-state index in [4.69, 9.17) is 4.74 Å². The van der Waals surface area contributed by atoms with Gasteiger partial charge in [0.1, 0.15) is 12.4 Å². The van der Waals surface area contributed by atoms with Gasteiger partial charge in [-0.1, -0.05) is 6.92 Å². The van der Waals surface area contributed by atoms with Crippen molar-refractivity contribution in [2.45, 2.75) is 46.2 Å². The standard InChI is InChI=1S/C14H28N6O.HI/c1-6-11(2)17-14(15-8-7-9-21-5)16-10-13-19-18-12(3)20(13)4;/h11H,6-10H2,1-5H3,(H2,15,16,17);1H. The van der Waals surface area contributed by atoms with Gasteiger partial charge in [0.05, 0.1) is 0 Å². The summed E-state index contributed by atoms with van der Waals surface area (Å²) in [4.78, 5) is 4.58. The predicted molar refractivity (Wildman–Crippen MR) is 99.7 cm³/mol. The van der Waals surface area contributed by atoms with E-state index in [0.29, 0.717) is 12.6 Å². The lowest BCUT2D eigenvalue weighted by molar-refractivity contribution is 0.195. The van der Waals surface area contributed by atoms with Crippen molar-refractivity contribution in [3.05, 3.63) is 11.6 Å². The summed E-state index contributed by atoms with van der Waals surface area (Å²) in [5, 5.41) is 14.9. The van der Waals surface area contributed by atoms with Crippen LogP contribution in [0.2, 0.25) is 0 Å². The van der Waals surface area contributed by atoms with Gasteiger partial charge >= 0.3 is 0 Å². The van der Waals surface area contributed by atoms with Crippen molar-refractivity contribution in [2.75, 3.05) is 20.3 Å². The molecule has 0 spiro atoms. The average Bonchev–Trinajstić information content (AvgIpc) is 2.80. The summed E-state index contributed by atoms with van der Waals surface area (Å²) in [5.41, 5.74) is 0. The molecule has 7 nitrogen and oxygen atoms in total. The first kappa shape index (κ1) is 21.1. The molecule has 0 amide bonds. The highest BCUT2D eigenvalue weighted by atomic mass is 127. The molecule has 0 aliphatic rings. The van der Waals surface area contributed by atoms with E-state index < -0.39 is 0 Å². The zero-order valence-electron chi connectivity index (χ0n) is 14.2. The van der Waals surface area contributed by atoms with E-state index in [1.165, 1.54) is 0 Å². The molecule has 1 aromatic heterocycles. The number of nitrogens with one attached hydrogen (secondary N) is 2. The minimum Gasteiger partial charge on any atom is -0.385 e. The molecule has 128 valence electrons. The molecule has 0 fully saturated rings. The molecule has 1 rings (SSSR count). The van der Waals surface area contributed by atoms with E-state index in [0.717, 1.165) is 43.6 Å². The molecular formula is C14H29IN6O. The van der Waals surface area contributed by atoms with E-state index in [9.17, 15) is 0 Å². The summed E-state index contributed by atoms with van der Waals surface area (Å²) in [5.74, 6) is 2.56. The first-order valence-electron chi connectivity index (χ1n) is 7.47. The van der Waals surface area contributed by atoms with Gasteiger partial charge in [-0.15, -0.1) is 34.2 Å². The molecular weight excluding hydrogens is 395 g/mol. The molecule has 0 aliphatic heterocycles. The average molecular weight is 424 g/mol. The van der Waals surface area contributed by atoms with E-state index in [2.05, 4.69) is 39.7 Å². The zero-order chi connectivity index (χ0) is 15.7. The highest BCUT2D eigenvalue weighted by Crippen LogP contribution is 1.99. The summed E-state index contributed by atoms with van der Waals surface area (Å²) < 4.78 is 7.01. The quantitative estimate of drug-likeness (QED) is 0.287. The third-order valence-corrected chi connectivity index (χ3v) is 3.37. The van der Waals surface area contributed by atoms with Crippen LogP contribution in [0.5, 0.6) is 0 Å². The second-order valence-corrected chi connectivity index (χ2v) is 5.11. The molecule has 0 saturated carbocycles. The lowest BCUT2D eigenvalue weighted by Crippen LogP contribution is -2.42. The Balaban J connectivity index is 0.00000441. The Hall–Kier alpha value is -0.900. The Kier molecular flexibility index (Phi) is 11.2. The first-order valence-corrected chi connectivity index (χ1v) is 7.47. The Bertz CT molecular complexity index is 449. The Morgan fingerprint density at radius 1 is 1.41 bits per heavy atom. The molecule has 1 heterocycles. The van der Waals surface area contributed by atoms with Crippen molar-refractivity contribution >= 4 is 29.9 Å². The van der Waals surface area contributed by atoms with Crippen LogP contribution in [0.4, 0.5) is 0 Å². The molecule has 22 heavy (non-hydrogen) atoms. The molecule has 1 atom stereocenters. The number of guanidine groups is 1. The number of aromatic nitrogens is 3. The summed E-state index contributed by atoms with van der Waals surface area (Å²) in [6.45, 7) is 8.29. The second-order valence-electron chi connectivity index (χ2n) is 5.11. The fourth-order valence-electron chi connectivity index (χ4n) is 1.65. The maximum atomic E-state index is 5.05. The van der Waals surface area contributed by atoms with Crippen LogP contribution in [-0.2, 0) is 18.3 Å². The van der Waals surface area contributed by atoms with Crippen molar-refractivity contribution in [3.8, 4) is 0 Å². The van der Waals surface area contributed by atoms with Gasteiger partial charge < -0.3 is 19.9 Å². The largest absolute Gasteiger partial charge is 0.385 e. The van der Waals surface area contributed by atoms with Gasteiger partial charge in [0, 0.05) is 33.4 Å². The van der Waals surface area contributed by atoms with Gasteiger partial charge in [0.2, 0.25) is 0 Å². The number of aliphatic imine (C=N–C) groups is 1. The third kappa shape index (κ3) is 7.39. The monoisotopic (exact) mass is 424 g/mol. The number of halogens is 1. The van der Waals surface area contributed by atoms with Crippen LogP contribution < -0.4 is 10.6 Å². The topological polar surface area (TPSA) is 76.4 Å². The molecule has 0 radical (unpaired) electrons. The molecule has 0 aliphatic carbocycles.